The van der Waals surface area contributed by atoms with Crippen LogP contribution in [0.25, 0.3) is 5.69 Å². The van der Waals surface area contributed by atoms with Crippen LogP contribution in [0.2, 0.25) is 0 Å². The monoisotopic (exact) mass is 249 g/mol. The molecule has 0 radical (unpaired) electrons. The number of H-pyrrole nitrogens is 1. The standard InChI is InChI=1S/C11H11N3O4/c1-18-7-8-6-11(15)13(12-8)9-4-2-3-5-10(9)14(16)17/h2-6,12H,7H2,1H3. The van der Waals surface area contributed by atoms with E-state index in [1.54, 1.807) is 12.1 Å². The summed E-state index contributed by atoms with van der Waals surface area (Å²) in [5, 5.41) is 13.7. The highest BCUT2D eigenvalue weighted by atomic mass is 16.6. The molecule has 0 saturated carbocycles. The molecule has 1 N–H and O–H groups in total. The van der Waals surface area contributed by atoms with Gasteiger partial charge in [0.05, 0.1) is 17.2 Å². The van der Waals surface area contributed by atoms with Crippen LogP contribution < -0.4 is 5.56 Å². The van der Waals surface area contributed by atoms with Crippen molar-refractivity contribution in [2.24, 2.45) is 0 Å². The molecule has 0 aliphatic heterocycles. The Hall–Kier alpha value is -2.41. The van der Waals surface area contributed by atoms with Gasteiger partial charge in [-0.1, -0.05) is 12.1 Å². The Balaban J connectivity index is 2.55. The van der Waals surface area contributed by atoms with Gasteiger partial charge in [0, 0.05) is 19.2 Å². The van der Waals surface area contributed by atoms with Gasteiger partial charge in [-0.2, -0.15) is 0 Å². The summed E-state index contributed by atoms with van der Waals surface area (Å²) in [7, 11) is 1.50. The molecule has 0 aliphatic rings. The van der Waals surface area contributed by atoms with Crippen LogP contribution in [0.3, 0.4) is 0 Å². The minimum atomic E-state index is -0.529. The number of para-hydroxylation sites is 2. The maximum absolute atomic E-state index is 11.7. The summed E-state index contributed by atoms with van der Waals surface area (Å²) in [6.45, 7) is 0.239. The molecule has 1 heterocycles. The molecule has 0 bridgehead atoms. The fourth-order valence-corrected chi connectivity index (χ4v) is 1.66. The first-order valence-electron chi connectivity index (χ1n) is 5.17. The van der Waals surface area contributed by atoms with Crippen molar-refractivity contribution < 1.29 is 9.66 Å². The average Bonchev–Trinajstić information content (AvgIpc) is 2.70. The summed E-state index contributed by atoms with van der Waals surface area (Å²) >= 11 is 0. The zero-order chi connectivity index (χ0) is 13.1. The summed E-state index contributed by atoms with van der Waals surface area (Å²) in [6.07, 6.45) is 0. The molecule has 7 nitrogen and oxygen atoms in total. The Morgan fingerprint density at radius 2 is 2.17 bits per heavy atom. The lowest BCUT2D eigenvalue weighted by Gasteiger charge is -2.02. The summed E-state index contributed by atoms with van der Waals surface area (Å²) < 4.78 is 6.02. The molecular formula is C11H11N3O4. The van der Waals surface area contributed by atoms with Crippen molar-refractivity contribution in [2.45, 2.75) is 6.61 Å². The van der Waals surface area contributed by atoms with E-state index >= 15 is 0 Å². The number of aromatic amines is 1. The lowest BCUT2D eigenvalue weighted by Crippen LogP contribution is -2.14. The van der Waals surface area contributed by atoms with Crippen LogP contribution in [0.1, 0.15) is 5.69 Å². The second-order valence-corrected chi connectivity index (χ2v) is 3.63. The van der Waals surface area contributed by atoms with E-state index in [4.69, 9.17) is 4.74 Å². The first kappa shape index (κ1) is 12.1. The van der Waals surface area contributed by atoms with Gasteiger partial charge in [0.15, 0.2) is 0 Å². The molecule has 1 aromatic carbocycles. The molecule has 18 heavy (non-hydrogen) atoms. The minimum Gasteiger partial charge on any atom is -0.378 e. The van der Waals surface area contributed by atoms with E-state index in [-0.39, 0.29) is 23.5 Å². The maximum atomic E-state index is 11.7. The van der Waals surface area contributed by atoms with Crippen LogP contribution in [-0.4, -0.2) is 21.8 Å². The van der Waals surface area contributed by atoms with Crippen molar-refractivity contribution in [3.8, 4) is 5.69 Å². The van der Waals surface area contributed by atoms with Crippen molar-refractivity contribution in [3.05, 3.63) is 56.5 Å². The number of nitro benzene ring substituents is 1. The van der Waals surface area contributed by atoms with Gasteiger partial charge < -0.3 is 4.74 Å². The van der Waals surface area contributed by atoms with E-state index in [1.165, 1.54) is 25.3 Å². The third-order valence-electron chi connectivity index (χ3n) is 2.39. The molecular weight excluding hydrogens is 238 g/mol. The number of nitrogens with zero attached hydrogens (tertiary/aromatic N) is 2. The Kier molecular flexibility index (Phi) is 3.24. The van der Waals surface area contributed by atoms with Crippen LogP contribution in [-0.2, 0) is 11.3 Å². The van der Waals surface area contributed by atoms with Gasteiger partial charge in [0.1, 0.15) is 5.69 Å². The van der Waals surface area contributed by atoms with E-state index in [9.17, 15) is 14.9 Å². The number of rotatable bonds is 4. The van der Waals surface area contributed by atoms with Gasteiger partial charge in [-0.15, -0.1) is 0 Å². The number of nitro groups is 1. The second-order valence-electron chi connectivity index (χ2n) is 3.63. The third kappa shape index (κ3) is 2.16. The van der Waals surface area contributed by atoms with Crippen molar-refractivity contribution in [1.29, 1.82) is 0 Å². The highest BCUT2D eigenvalue weighted by Crippen LogP contribution is 2.20. The summed E-state index contributed by atoms with van der Waals surface area (Å²) in [5.74, 6) is 0. The summed E-state index contributed by atoms with van der Waals surface area (Å²) in [5.41, 5.74) is 0.261. The molecule has 0 atom stereocenters. The van der Waals surface area contributed by atoms with Gasteiger partial charge in [-0.3, -0.25) is 20.0 Å². The van der Waals surface area contributed by atoms with E-state index in [1.807, 2.05) is 0 Å². The van der Waals surface area contributed by atoms with E-state index in [0.717, 1.165) is 4.68 Å². The molecule has 7 heteroatoms. The van der Waals surface area contributed by atoms with Gasteiger partial charge in [-0.25, -0.2) is 4.68 Å². The highest BCUT2D eigenvalue weighted by molar-refractivity contribution is 5.51. The lowest BCUT2D eigenvalue weighted by molar-refractivity contribution is -0.384. The molecule has 0 amide bonds. The maximum Gasteiger partial charge on any atom is 0.294 e. The number of ether oxygens (including phenoxy) is 1. The fraction of sp³-hybridized carbons (Fsp3) is 0.182. The Bertz CT molecular complexity index is 629. The number of nitrogens with one attached hydrogen (secondary N) is 1. The largest absolute Gasteiger partial charge is 0.378 e. The molecule has 2 aromatic rings. The van der Waals surface area contributed by atoms with Gasteiger partial charge in [0.25, 0.3) is 11.2 Å². The smallest absolute Gasteiger partial charge is 0.294 e. The van der Waals surface area contributed by atoms with Gasteiger partial charge in [-0.05, 0) is 6.07 Å². The number of hydrogen-bond acceptors (Lipinski definition) is 4. The number of aromatic nitrogens is 2. The third-order valence-corrected chi connectivity index (χ3v) is 2.39. The second kappa shape index (κ2) is 4.84. The predicted molar refractivity (Wildman–Crippen MR) is 63.8 cm³/mol. The SMILES string of the molecule is COCc1cc(=O)n(-c2ccccc2[N+](=O)[O-])[nH]1. The molecule has 1 aromatic heterocycles. The van der Waals surface area contributed by atoms with Crippen molar-refractivity contribution >= 4 is 5.69 Å². The average molecular weight is 249 g/mol. The van der Waals surface area contributed by atoms with Crippen LogP contribution in [0.4, 0.5) is 5.69 Å². The Labute approximate surface area is 102 Å². The molecule has 0 fully saturated rings. The van der Waals surface area contributed by atoms with Gasteiger partial charge in [0.2, 0.25) is 0 Å². The van der Waals surface area contributed by atoms with E-state index < -0.39 is 4.92 Å². The number of hydrogen-bond donors (Lipinski definition) is 1. The zero-order valence-electron chi connectivity index (χ0n) is 9.62. The minimum absolute atomic E-state index is 0.134. The molecule has 2 rings (SSSR count). The van der Waals surface area contributed by atoms with E-state index in [0.29, 0.717) is 5.69 Å². The first-order valence-corrected chi connectivity index (χ1v) is 5.17. The van der Waals surface area contributed by atoms with E-state index in [2.05, 4.69) is 5.10 Å². The first-order chi connectivity index (χ1) is 8.63. The number of methoxy groups -OCH3 is 1. The lowest BCUT2D eigenvalue weighted by atomic mass is 10.3. The van der Waals surface area contributed by atoms with Crippen molar-refractivity contribution in [2.75, 3.05) is 7.11 Å². The molecule has 0 spiro atoms. The normalized spacial score (nSPS) is 10.5. The Morgan fingerprint density at radius 1 is 1.44 bits per heavy atom. The molecule has 0 unspecified atom stereocenters. The Morgan fingerprint density at radius 3 is 2.83 bits per heavy atom. The summed E-state index contributed by atoms with van der Waals surface area (Å²) in [6, 6.07) is 7.38. The quantitative estimate of drug-likeness (QED) is 0.651. The topological polar surface area (TPSA) is 90.2 Å². The molecule has 0 saturated heterocycles. The highest BCUT2D eigenvalue weighted by Gasteiger charge is 2.16. The van der Waals surface area contributed by atoms with Crippen LogP contribution in [0.5, 0.6) is 0 Å². The van der Waals surface area contributed by atoms with Gasteiger partial charge >= 0.3 is 0 Å². The van der Waals surface area contributed by atoms with Crippen molar-refractivity contribution in [3.63, 3.8) is 0 Å². The van der Waals surface area contributed by atoms with Crippen molar-refractivity contribution in [1.82, 2.24) is 9.78 Å². The van der Waals surface area contributed by atoms with Crippen LogP contribution in [0.15, 0.2) is 35.1 Å². The van der Waals surface area contributed by atoms with Crippen LogP contribution in [0, 0.1) is 10.1 Å². The van der Waals surface area contributed by atoms with Crippen LogP contribution >= 0.6 is 0 Å². The fourth-order valence-electron chi connectivity index (χ4n) is 1.66. The zero-order valence-corrected chi connectivity index (χ0v) is 9.62. The summed E-state index contributed by atoms with van der Waals surface area (Å²) in [4.78, 5) is 22.1. The predicted octanol–water partition coefficient (Wildman–Crippen LogP) is 1.22. The molecule has 94 valence electrons. The molecule has 0 aliphatic carbocycles. The number of benzene rings is 1.